The molecule has 0 spiro atoms. The van der Waals surface area contributed by atoms with Gasteiger partial charge in [-0.2, -0.15) is 33.1 Å². The number of aliphatic carboxylic acids is 1. The number of carboxylic acids is 1. The van der Waals surface area contributed by atoms with Crippen LogP contribution >= 0.6 is 23.5 Å². The summed E-state index contributed by atoms with van der Waals surface area (Å²) in [5.41, 5.74) is 0. The van der Waals surface area contributed by atoms with Gasteiger partial charge in [0.15, 0.2) is 0 Å². The second kappa shape index (κ2) is 15.0. The molecule has 0 aromatic rings. The lowest BCUT2D eigenvalue weighted by molar-refractivity contribution is -0.191. The smallest absolute Gasteiger partial charge is 0.373 e. The Labute approximate surface area is 91.8 Å². The van der Waals surface area contributed by atoms with E-state index in [0.717, 1.165) is 23.0 Å². The van der Waals surface area contributed by atoms with Crippen molar-refractivity contribution in [1.82, 2.24) is 0 Å². The first-order chi connectivity index (χ1) is 6.68. The molecule has 0 aliphatic carbocycles. The number of carbonyl (C=O) groups is 1. The molecule has 14 heavy (non-hydrogen) atoms. The lowest BCUT2D eigenvalue weighted by atomic mass is 10.5. The van der Waals surface area contributed by atoms with E-state index in [1.807, 2.05) is 11.8 Å². The van der Waals surface area contributed by atoms with Crippen LogP contribution in [0, 0.1) is 0 Å². The topological polar surface area (TPSA) is 71.4 Å². The summed E-state index contributed by atoms with van der Waals surface area (Å²) in [7, 11) is 0. The molecular weight excluding hydrogens is 224 g/mol. The Morgan fingerprint density at radius 1 is 1.21 bits per heavy atom. The fraction of sp³-hybridized carbons (Fsp3) is 0.750. The molecule has 0 bridgehead atoms. The summed E-state index contributed by atoms with van der Waals surface area (Å²) in [6, 6.07) is 0. The molecule has 0 aromatic heterocycles. The quantitative estimate of drug-likeness (QED) is 0.675. The monoisotopic (exact) mass is 238 g/mol. The summed E-state index contributed by atoms with van der Waals surface area (Å²) in [4.78, 5) is 26.3. The predicted molar refractivity (Wildman–Crippen MR) is 57.6 cm³/mol. The van der Waals surface area contributed by atoms with E-state index in [-0.39, 0.29) is 6.15 Å². The highest BCUT2D eigenvalue weighted by atomic mass is 32.2. The summed E-state index contributed by atoms with van der Waals surface area (Å²) >= 11 is 3.62. The summed E-state index contributed by atoms with van der Waals surface area (Å²) in [6.45, 7) is 2.13. The third kappa shape index (κ3) is 22.6. The largest absolute Gasteiger partial charge is 0.481 e. The van der Waals surface area contributed by atoms with Gasteiger partial charge in [-0.3, -0.25) is 4.79 Å². The molecule has 0 unspecified atom stereocenters. The van der Waals surface area contributed by atoms with Crippen LogP contribution in [0.3, 0.4) is 0 Å². The predicted octanol–water partition coefficient (Wildman–Crippen LogP) is 1.36. The van der Waals surface area contributed by atoms with Crippen LogP contribution in [0.2, 0.25) is 0 Å². The van der Waals surface area contributed by atoms with E-state index in [4.69, 9.17) is 14.7 Å². The highest BCUT2D eigenvalue weighted by Gasteiger charge is 1.95. The third-order valence-electron chi connectivity index (χ3n) is 1.04. The number of hydrogen-bond acceptors (Lipinski definition) is 5. The first kappa shape index (κ1) is 16.0. The van der Waals surface area contributed by atoms with Gasteiger partial charge in [-0.1, -0.05) is 6.92 Å². The van der Waals surface area contributed by atoms with Crippen molar-refractivity contribution in [1.29, 1.82) is 0 Å². The molecule has 0 saturated carbocycles. The Morgan fingerprint density at radius 3 is 2.14 bits per heavy atom. The fourth-order valence-electron chi connectivity index (χ4n) is 0.524. The summed E-state index contributed by atoms with van der Waals surface area (Å²) in [5.74, 6) is 3.42. The Hall–Kier alpha value is -0.450. The summed E-state index contributed by atoms with van der Waals surface area (Å²) < 4.78 is 0. The van der Waals surface area contributed by atoms with Crippen molar-refractivity contribution in [3.8, 4) is 0 Å². The molecule has 0 saturated heterocycles. The number of rotatable bonds is 7. The van der Waals surface area contributed by atoms with Crippen molar-refractivity contribution >= 4 is 35.6 Å². The summed E-state index contributed by atoms with van der Waals surface area (Å²) in [6.07, 6.45) is 0.543. The van der Waals surface area contributed by atoms with Crippen LogP contribution in [-0.2, 0) is 14.4 Å². The number of hydrogen-bond donors (Lipinski definition) is 1. The Morgan fingerprint density at radius 2 is 1.71 bits per heavy atom. The maximum Gasteiger partial charge on any atom is 0.373 e. The molecule has 0 heterocycles. The van der Waals surface area contributed by atoms with Gasteiger partial charge in [0.2, 0.25) is 0 Å². The minimum atomic E-state index is -0.694. The number of thioether (sulfide) groups is 2. The van der Waals surface area contributed by atoms with Crippen LogP contribution in [-0.4, -0.2) is 40.2 Å². The molecular formula is C8H14O4S2. The van der Waals surface area contributed by atoms with Gasteiger partial charge in [-0.25, -0.2) is 0 Å². The zero-order valence-corrected chi connectivity index (χ0v) is 9.66. The van der Waals surface area contributed by atoms with Gasteiger partial charge in [0.25, 0.3) is 0 Å². The average molecular weight is 238 g/mol. The van der Waals surface area contributed by atoms with Crippen LogP contribution in [0.5, 0.6) is 0 Å². The minimum Gasteiger partial charge on any atom is -0.481 e. The fourth-order valence-corrected chi connectivity index (χ4v) is 2.28. The Bertz CT molecular complexity index is 167. The van der Waals surface area contributed by atoms with Crippen molar-refractivity contribution < 1.29 is 19.5 Å². The molecule has 0 fully saturated rings. The normalized spacial score (nSPS) is 8.36. The van der Waals surface area contributed by atoms with Gasteiger partial charge in [-0.05, 0) is 5.75 Å². The highest BCUT2D eigenvalue weighted by molar-refractivity contribution is 8.02. The Kier molecular flexibility index (Phi) is 17.2. The van der Waals surface area contributed by atoms with Crippen LogP contribution in [0.1, 0.15) is 13.3 Å². The van der Waals surface area contributed by atoms with E-state index in [1.165, 1.54) is 0 Å². The molecule has 1 N–H and O–H groups in total. The molecule has 4 nitrogen and oxygen atoms in total. The Balaban J connectivity index is 0. The van der Waals surface area contributed by atoms with E-state index in [9.17, 15) is 4.79 Å². The second-order valence-electron chi connectivity index (χ2n) is 2.04. The first-order valence-corrected chi connectivity index (χ1v) is 6.36. The lowest BCUT2D eigenvalue weighted by Crippen LogP contribution is -1.97. The van der Waals surface area contributed by atoms with Gasteiger partial charge in [0.1, 0.15) is 0 Å². The van der Waals surface area contributed by atoms with Gasteiger partial charge in [0, 0.05) is 17.3 Å². The zero-order valence-electron chi connectivity index (χ0n) is 8.02. The second-order valence-corrected chi connectivity index (χ2v) is 4.65. The lowest BCUT2D eigenvalue weighted by Gasteiger charge is -1.97. The van der Waals surface area contributed by atoms with E-state index in [1.54, 1.807) is 11.8 Å². The highest BCUT2D eigenvalue weighted by Crippen LogP contribution is 2.07. The molecule has 0 amide bonds. The molecule has 6 heteroatoms. The van der Waals surface area contributed by atoms with Crippen molar-refractivity contribution in [2.75, 3.05) is 23.0 Å². The van der Waals surface area contributed by atoms with E-state index < -0.39 is 5.97 Å². The third-order valence-corrected chi connectivity index (χ3v) is 3.18. The number of carboxylic acid groups (broad SMARTS) is 1. The van der Waals surface area contributed by atoms with Crippen molar-refractivity contribution in [2.24, 2.45) is 0 Å². The van der Waals surface area contributed by atoms with Crippen molar-refractivity contribution in [2.45, 2.75) is 13.3 Å². The maximum absolute atomic E-state index is 10.1. The van der Waals surface area contributed by atoms with Crippen LogP contribution in [0.4, 0.5) is 0 Å². The molecule has 0 radical (unpaired) electrons. The molecule has 82 valence electrons. The molecule has 0 atom stereocenters. The zero-order chi connectivity index (χ0) is 11.2. The summed E-state index contributed by atoms with van der Waals surface area (Å²) in [5, 5.41) is 8.30. The van der Waals surface area contributed by atoms with Crippen molar-refractivity contribution in [3.05, 3.63) is 0 Å². The van der Waals surface area contributed by atoms with Gasteiger partial charge in [-0.15, -0.1) is 0 Å². The number of carbonyl (C=O) groups excluding carboxylic acids is 2. The minimum absolute atomic E-state index is 0.250. The molecule has 0 aliphatic rings. The van der Waals surface area contributed by atoms with Gasteiger partial charge < -0.3 is 5.11 Å². The average Bonchev–Trinajstić information content (AvgIpc) is 2.12. The standard InChI is InChI=1S/C7H14O2S2.CO2/c1-2-10-5-6-11-4-3-7(8)9;2-1-3/h2-6H2,1H3,(H,8,9);. The maximum atomic E-state index is 10.1. The van der Waals surface area contributed by atoms with Crippen LogP contribution in [0.15, 0.2) is 0 Å². The van der Waals surface area contributed by atoms with E-state index in [0.29, 0.717) is 6.42 Å². The molecule has 0 rings (SSSR count). The molecule has 0 aromatic carbocycles. The van der Waals surface area contributed by atoms with Gasteiger partial charge in [0.05, 0.1) is 6.42 Å². The van der Waals surface area contributed by atoms with E-state index >= 15 is 0 Å². The first-order valence-electron chi connectivity index (χ1n) is 4.05. The van der Waals surface area contributed by atoms with Gasteiger partial charge >= 0.3 is 12.1 Å². The van der Waals surface area contributed by atoms with Crippen LogP contribution < -0.4 is 0 Å². The van der Waals surface area contributed by atoms with Crippen LogP contribution in [0.25, 0.3) is 0 Å². The SMILES string of the molecule is CCSCCSCCC(=O)O.O=C=O. The molecule has 0 aliphatic heterocycles. The van der Waals surface area contributed by atoms with Crippen molar-refractivity contribution in [3.63, 3.8) is 0 Å². The van der Waals surface area contributed by atoms with E-state index in [2.05, 4.69) is 6.92 Å².